The first-order chi connectivity index (χ1) is 11.3. The molecule has 0 radical (unpaired) electrons. The lowest BCUT2D eigenvalue weighted by Crippen LogP contribution is -2.21. The summed E-state index contributed by atoms with van der Waals surface area (Å²) in [5.74, 6) is 1.32. The van der Waals surface area contributed by atoms with Crippen molar-refractivity contribution in [2.75, 3.05) is 30.7 Å². The molecule has 0 saturated carbocycles. The van der Waals surface area contributed by atoms with E-state index < -0.39 is 0 Å². The highest BCUT2D eigenvalue weighted by Crippen LogP contribution is 2.17. The first kappa shape index (κ1) is 16.0. The summed E-state index contributed by atoms with van der Waals surface area (Å²) >= 11 is 1.70. The van der Waals surface area contributed by atoms with Gasteiger partial charge in [-0.25, -0.2) is 0 Å². The number of thioether (sulfide) groups is 1. The number of hydrogen-bond donors (Lipinski definition) is 1. The van der Waals surface area contributed by atoms with E-state index in [-0.39, 0.29) is 5.91 Å². The van der Waals surface area contributed by atoms with Gasteiger partial charge in [-0.3, -0.25) is 4.79 Å². The molecule has 0 aliphatic carbocycles. The number of anilines is 1. The molecule has 6 heteroatoms. The number of hydrogen-bond acceptors (Lipinski definition) is 5. The standard InChI is InChI=1S/C17H20N4OS/c22-17(14-6-2-1-3-7-14)18-15-8-9-16(20-19-15)23-13-12-21-10-4-5-11-21/h1-3,6-9H,4-5,10-13H2,(H,18,19,22). The highest BCUT2D eigenvalue weighted by molar-refractivity contribution is 7.99. The first-order valence-electron chi connectivity index (χ1n) is 7.86. The van der Waals surface area contributed by atoms with Crippen molar-refractivity contribution in [3.8, 4) is 0 Å². The molecule has 1 fully saturated rings. The molecule has 1 aromatic carbocycles. The Labute approximate surface area is 140 Å². The van der Waals surface area contributed by atoms with Crippen LogP contribution < -0.4 is 5.32 Å². The van der Waals surface area contributed by atoms with Gasteiger partial charge in [0.15, 0.2) is 5.82 Å². The molecule has 1 aliphatic rings. The molecule has 0 spiro atoms. The van der Waals surface area contributed by atoms with Gasteiger partial charge in [-0.1, -0.05) is 18.2 Å². The van der Waals surface area contributed by atoms with Crippen molar-refractivity contribution in [1.29, 1.82) is 0 Å². The Hall–Kier alpha value is -1.92. The van der Waals surface area contributed by atoms with Crippen LogP contribution in [-0.4, -0.2) is 46.4 Å². The number of aromatic nitrogens is 2. The van der Waals surface area contributed by atoms with Crippen molar-refractivity contribution in [1.82, 2.24) is 15.1 Å². The lowest BCUT2D eigenvalue weighted by molar-refractivity contribution is 0.102. The number of amides is 1. The number of likely N-dealkylation sites (tertiary alicyclic amines) is 1. The van der Waals surface area contributed by atoms with E-state index >= 15 is 0 Å². The molecule has 1 aliphatic heterocycles. The number of carbonyl (C=O) groups is 1. The van der Waals surface area contributed by atoms with Crippen LogP contribution in [0.4, 0.5) is 5.82 Å². The Bertz CT molecular complexity index is 627. The van der Waals surface area contributed by atoms with Crippen LogP contribution in [-0.2, 0) is 0 Å². The Morgan fingerprint density at radius 3 is 2.57 bits per heavy atom. The van der Waals surface area contributed by atoms with E-state index in [1.807, 2.05) is 24.3 Å². The van der Waals surface area contributed by atoms with Crippen LogP contribution >= 0.6 is 11.8 Å². The molecule has 0 atom stereocenters. The third-order valence-electron chi connectivity index (χ3n) is 3.77. The molecular weight excluding hydrogens is 308 g/mol. The van der Waals surface area contributed by atoms with Gasteiger partial charge in [0.1, 0.15) is 5.03 Å². The maximum absolute atomic E-state index is 12.0. The van der Waals surface area contributed by atoms with E-state index in [0.29, 0.717) is 11.4 Å². The van der Waals surface area contributed by atoms with Gasteiger partial charge in [-0.2, -0.15) is 0 Å². The van der Waals surface area contributed by atoms with E-state index in [2.05, 4.69) is 20.4 Å². The molecule has 2 aromatic rings. The third kappa shape index (κ3) is 4.77. The molecule has 1 aromatic heterocycles. The van der Waals surface area contributed by atoms with Gasteiger partial charge in [0, 0.05) is 17.9 Å². The van der Waals surface area contributed by atoms with Crippen LogP contribution in [0.1, 0.15) is 23.2 Å². The van der Waals surface area contributed by atoms with Crippen molar-refractivity contribution < 1.29 is 4.79 Å². The zero-order valence-electron chi connectivity index (χ0n) is 12.9. The summed E-state index contributed by atoms with van der Waals surface area (Å²) in [6.45, 7) is 3.53. The minimum atomic E-state index is -0.172. The number of nitrogens with zero attached hydrogens (tertiary/aromatic N) is 3. The Morgan fingerprint density at radius 1 is 1.09 bits per heavy atom. The summed E-state index contributed by atoms with van der Waals surface area (Å²) < 4.78 is 0. The topological polar surface area (TPSA) is 58.1 Å². The number of benzene rings is 1. The Balaban J connectivity index is 1.47. The summed E-state index contributed by atoms with van der Waals surface area (Å²) in [6.07, 6.45) is 2.64. The normalized spacial score (nSPS) is 14.8. The fourth-order valence-electron chi connectivity index (χ4n) is 2.53. The van der Waals surface area contributed by atoms with Gasteiger partial charge in [-0.05, 0) is 50.2 Å². The molecule has 1 amide bonds. The van der Waals surface area contributed by atoms with Gasteiger partial charge in [0.25, 0.3) is 5.91 Å². The number of nitrogens with one attached hydrogen (secondary N) is 1. The predicted molar refractivity (Wildman–Crippen MR) is 92.8 cm³/mol. The summed E-state index contributed by atoms with van der Waals surface area (Å²) in [5.41, 5.74) is 0.610. The molecule has 5 nitrogen and oxygen atoms in total. The van der Waals surface area contributed by atoms with Gasteiger partial charge < -0.3 is 10.2 Å². The predicted octanol–water partition coefficient (Wildman–Crippen LogP) is 2.92. The average molecular weight is 328 g/mol. The molecular formula is C17H20N4OS. The quantitative estimate of drug-likeness (QED) is 0.826. The average Bonchev–Trinajstić information content (AvgIpc) is 3.11. The Morgan fingerprint density at radius 2 is 1.87 bits per heavy atom. The maximum atomic E-state index is 12.0. The monoisotopic (exact) mass is 328 g/mol. The smallest absolute Gasteiger partial charge is 0.256 e. The molecule has 2 heterocycles. The number of carbonyl (C=O) groups excluding carboxylic acids is 1. The lowest BCUT2D eigenvalue weighted by atomic mass is 10.2. The largest absolute Gasteiger partial charge is 0.305 e. The van der Waals surface area contributed by atoms with Crippen LogP contribution in [0.3, 0.4) is 0 Å². The summed E-state index contributed by atoms with van der Waals surface area (Å²) in [4.78, 5) is 14.5. The van der Waals surface area contributed by atoms with Gasteiger partial charge in [0.05, 0.1) is 0 Å². The van der Waals surface area contributed by atoms with E-state index in [4.69, 9.17) is 0 Å². The van der Waals surface area contributed by atoms with E-state index in [1.54, 1.807) is 30.0 Å². The van der Waals surface area contributed by atoms with Crippen molar-refractivity contribution in [2.24, 2.45) is 0 Å². The van der Waals surface area contributed by atoms with Crippen molar-refractivity contribution in [3.05, 3.63) is 48.0 Å². The summed E-state index contributed by atoms with van der Waals surface area (Å²) in [7, 11) is 0. The van der Waals surface area contributed by atoms with E-state index in [0.717, 1.165) is 17.3 Å². The van der Waals surface area contributed by atoms with E-state index in [9.17, 15) is 4.79 Å². The zero-order valence-corrected chi connectivity index (χ0v) is 13.8. The fraction of sp³-hybridized carbons (Fsp3) is 0.353. The van der Waals surface area contributed by atoms with Gasteiger partial charge in [-0.15, -0.1) is 22.0 Å². The van der Waals surface area contributed by atoms with Gasteiger partial charge in [0.2, 0.25) is 0 Å². The lowest BCUT2D eigenvalue weighted by Gasteiger charge is -2.13. The van der Waals surface area contributed by atoms with Gasteiger partial charge >= 0.3 is 0 Å². The van der Waals surface area contributed by atoms with Crippen LogP contribution in [0.2, 0.25) is 0 Å². The molecule has 120 valence electrons. The van der Waals surface area contributed by atoms with Crippen molar-refractivity contribution in [3.63, 3.8) is 0 Å². The molecule has 1 N–H and O–H groups in total. The highest BCUT2D eigenvalue weighted by Gasteiger charge is 2.11. The van der Waals surface area contributed by atoms with Crippen LogP contribution in [0.5, 0.6) is 0 Å². The summed E-state index contributed by atoms with van der Waals surface area (Å²) in [5, 5.41) is 11.9. The third-order valence-corrected chi connectivity index (χ3v) is 4.67. The summed E-state index contributed by atoms with van der Waals surface area (Å²) in [6, 6.07) is 12.8. The first-order valence-corrected chi connectivity index (χ1v) is 8.85. The SMILES string of the molecule is O=C(Nc1ccc(SCCN2CCCC2)nn1)c1ccccc1. The van der Waals surface area contributed by atoms with E-state index in [1.165, 1.54) is 25.9 Å². The molecule has 1 saturated heterocycles. The zero-order chi connectivity index (χ0) is 15.9. The molecule has 23 heavy (non-hydrogen) atoms. The fourth-order valence-corrected chi connectivity index (χ4v) is 3.35. The number of rotatable bonds is 6. The molecule has 3 rings (SSSR count). The Kier molecular flexibility index (Phi) is 5.60. The minimum absolute atomic E-state index is 0.172. The second-order valence-corrected chi connectivity index (χ2v) is 6.59. The second kappa shape index (κ2) is 8.08. The highest BCUT2D eigenvalue weighted by atomic mass is 32.2. The van der Waals surface area contributed by atoms with Crippen molar-refractivity contribution >= 4 is 23.5 Å². The minimum Gasteiger partial charge on any atom is -0.305 e. The molecule has 0 bridgehead atoms. The second-order valence-electron chi connectivity index (χ2n) is 5.47. The van der Waals surface area contributed by atoms with Crippen molar-refractivity contribution in [2.45, 2.75) is 17.9 Å². The van der Waals surface area contributed by atoms with Crippen LogP contribution in [0, 0.1) is 0 Å². The molecule has 0 unspecified atom stereocenters. The van der Waals surface area contributed by atoms with Crippen LogP contribution in [0.25, 0.3) is 0 Å². The maximum Gasteiger partial charge on any atom is 0.256 e. The van der Waals surface area contributed by atoms with Crippen LogP contribution in [0.15, 0.2) is 47.5 Å².